The van der Waals surface area contributed by atoms with Gasteiger partial charge in [0.1, 0.15) is 21.3 Å². The van der Waals surface area contributed by atoms with Crippen molar-refractivity contribution < 1.29 is 28.5 Å². The summed E-state index contributed by atoms with van der Waals surface area (Å²) in [5, 5.41) is 9.76. The van der Waals surface area contributed by atoms with E-state index in [1.807, 2.05) is 18.2 Å². The van der Waals surface area contributed by atoms with Gasteiger partial charge in [-0.25, -0.2) is 14.2 Å². The maximum Gasteiger partial charge on any atom is 0.346 e. The molecule has 212 valence electrons. The van der Waals surface area contributed by atoms with Gasteiger partial charge >= 0.3 is 5.97 Å². The fraction of sp³-hybridized carbons (Fsp3) is 0.333. The number of imidazole rings is 1. The third-order valence-corrected chi connectivity index (χ3v) is 9.16. The number of nitrogens with zero attached hydrogens (tertiary/aromatic N) is 3. The standard InChI is InChI=1S/C30H27ClFN3O5S/c1-30(21-6-5-18(31)13-22(21)32)39-24-4-2-3-20(27(24)40-30)17-7-10-34(11-8-17)16-26-33-28-23(14-25(41-28)29(36)37)35(26)15-19-9-12-38-19/h2-7,13-14,19H,8-12,15-16H2,1H3,(H,36,37)/t19-,30-/m0/s1. The predicted molar refractivity (Wildman–Crippen MR) is 153 cm³/mol. The number of hydrogen-bond donors (Lipinski definition) is 1. The zero-order valence-corrected chi connectivity index (χ0v) is 23.8. The molecular weight excluding hydrogens is 569 g/mol. The average Bonchev–Trinajstić information content (AvgIpc) is 3.57. The van der Waals surface area contributed by atoms with Crippen LogP contribution in [0.2, 0.25) is 5.02 Å². The molecule has 1 saturated heterocycles. The summed E-state index contributed by atoms with van der Waals surface area (Å²) in [6.07, 6.45) is 4.09. The molecule has 2 aromatic carbocycles. The topological polar surface area (TPSA) is 86.1 Å². The minimum Gasteiger partial charge on any atom is -0.477 e. The summed E-state index contributed by atoms with van der Waals surface area (Å²) < 4.78 is 35.0. The van der Waals surface area contributed by atoms with Gasteiger partial charge in [0.2, 0.25) is 0 Å². The highest BCUT2D eigenvalue weighted by molar-refractivity contribution is 7.20. The molecule has 0 aliphatic carbocycles. The van der Waals surface area contributed by atoms with Crippen molar-refractivity contribution in [1.29, 1.82) is 0 Å². The van der Waals surface area contributed by atoms with Crippen LogP contribution in [0.5, 0.6) is 11.5 Å². The number of rotatable bonds is 7. The zero-order chi connectivity index (χ0) is 28.3. The van der Waals surface area contributed by atoms with Crippen molar-refractivity contribution in [2.24, 2.45) is 0 Å². The summed E-state index contributed by atoms with van der Waals surface area (Å²) in [6, 6.07) is 12.0. The Morgan fingerprint density at radius 2 is 2.12 bits per heavy atom. The maximum absolute atomic E-state index is 14.8. The molecule has 1 N–H and O–H groups in total. The van der Waals surface area contributed by atoms with Gasteiger partial charge in [0, 0.05) is 37.2 Å². The Balaban J connectivity index is 1.11. The Morgan fingerprint density at radius 3 is 2.83 bits per heavy atom. The van der Waals surface area contributed by atoms with Crippen LogP contribution in [0, 0.1) is 5.82 Å². The maximum atomic E-state index is 14.8. The first-order valence-electron chi connectivity index (χ1n) is 13.5. The quantitative estimate of drug-likeness (QED) is 0.268. The summed E-state index contributed by atoms with van der Waals surface area (Å²) in [5.41, 5.74) is 3.21. The molecule has 41 heavy (non-hydrogen) atoms. The zero-order valence-electron chi connectivity index (χ0n) is 22.2. The second kappa shape index (κ2) is 10.1. The molecule has 4 aromatic rings. The smallest absolute Gasteiger partial charge is 0.346 e. The molecule has 0 spiro atoms. The minimum absolute atomic E-state index is 0.126. The van der Waals surface area contributed by atoms with Crippen molar-refractivity contribution in [2.45, 2.75) is 44.7 Å². The second-order valence-electron chi connectivity index (χ2n) is 10.6. The normalized spacial score (nSPS) is 22.1. The second-order valence-corrected chi connectivity index (χ2v) is 12.1. The molecule has 0 saturated carbocycles. The van der Waals surface area contributed by atoms with Gasteiger partial charge in [0.25, 0.3) is 5.79 Å². The van der Waals surface area contributed by atoms with Crippen LogP contribution >= 0.6 is 22.9 Å². The van der Waals surface area contributed by atoms with Gasteiger partial charge in [-0.1, -0.05) is 29.8 Å². The molecule has 0 radical (unpaired) electrons. The highest BCUT2D eigenvalue weighted by atomic mass is 35.5. The number of aromatic carboxylic acids is 1. The SMILES string of the molecule is C[C@]1(c2ccc(Cl)cc2F)Oc2cccc(C3=CCN(Cc4nc5sc(C(=O)O)cc5n4C[C@@H]4CCO4)CC3)c2O1. The van der Waals surface area contributed by atoms with E-state index in [1.165, 1.54) is 17.4 Å². The minimum atomic E-state index is -1.30. The monoisotopic (exact) mass is 595 g/mol. The van der Waals surface area contributed by atoms with Crippen molar-refractivity contribution in [1.82, 2.24) is 14.5 Å². The fourth-order valence-electron chi connectivity index (χ4n) is 5.67. The third kappa shape index (κ3) is 4.78. The van der Waals surface area contributed by atoms with Crippen LogP contribution in [0.1, 0.15) is 46.4 Å². The number of para-hydroxylation sites is 1. The van der Waals surface area contributed by atoms with Gasteiger partial charge in [-0.15, -0.1) is 11.3 Å². The predicted octanol–water partition coefficient (Wildman–Crippen LogP) is 6.31. The van der Waals surface area contributed by atoms with E-state index in [0.29, 0.717) is 41.0 Å². The van der Waals surface area contributed by atoms with Gasteiger partial charge in [-0.05, 0) is 48.7 Å². The van der Waals surface area contributed by atoms with Crippen molar-refractivity contribution in [3.05, 3.63) is 81.2 Å². The number of carboxylic acids is 1. The van der Waals surface area contributed by atoms with Crippen LogP contribution in [-0.2, 0) is 23.6 Å². The van der Waals surface area contributed by atoms with Crippen LogP contribution in [-0.4, -0.2) is 51.3 Å². The molecule has 2 atom stereocenters. The first-order valence-corrected chi connectivity index (χ1v) is 14.7. The number of halogens is 2. The summed E-state index contributed by atoms with van der Waals surface area (Å²) in [4.78, 5) is 19.7. The van der Waals surface area contributed by atoms with Crippen molar-refractivity contribution in [3.8, 4) is 11.5 Å². The highest BCUT2D eigenvalue weighted by Gasteiger charge is 2.42. The Hall–Kier alpha value is -3.44. The summed E-state index contributed by atoms with van der Waals surface area (Å²) >= 11 is 7.16. The van der Waals surface area contributed by atoms with E-state index < -0.39 is 17.6 Å². The molecule has 8 nitrogen and oxygen atoms in total. The number of carbonyl (C=O) groups is 1. The van der Waals surface area contributed by atoms with E-state index in [2.05, 4.69) is 15.5 Å². The number of ether oxygens (including phenoxy) is 3. The molecule has 2 aromatic heterocycles. The van der Waals surface area contributed by atoms with Crippen molar-refractivity contribution in [2.75, 3.05) is 19.7 Å². The first kappa shape index (κ1) is 26.5. The average molecular weight is 596 g/mol. The highest BCUT2D eigenvalue weighted by Crippen LogP contribution is 2.49. The Bertz CT molecular complexity index is 1710. The lowest BCUT2D eigenvalue weighted by Crippen LogP contribution is -2.33. The van der Waals surface area contributed by atoms with Gasteiger partial charge in [0.05, 0.1) is 30.3 Å². The molecule has 0 unspecified atom stereocenters. The lowest BCUT2D eigenvalue weighted by Gasteiger charge is -2.29. The van der Waals surface area contributed by atoms with Crippen LogP contribution in [0.3, 0.4) is 0 Å². The summed E-state index contributed by atoms with van der Waals surface area (Å²) in [5.74, 6) is -0.631. The molecular formula is C30H27ClFN3O5S. The lowest BCUT2D eigenvalue weighted by molar-refractivity contribution is -0.0708. The lowest BCUT2D eigenvalue weighted by atomic mass is 9.98. The number of hydrogen-bond acceptors (Lipinski definition) is 7. The molecule has 0 amide bonds. The van der Waals surface area contributed by atoms with E-state index in [4.69, 9.17) is 30.8 Å². The molecule has 11 heteroatoms. The molecule has 5 heterocycles. The van der Waals surface area contributed by atoms with Crippen LogP contribution in [0.25, 0.3) is 15.9 Å². The summed E-state index contributed by atoms with van der Waals surface area (Å²) in [7, 11) is 0. The van der Waals surface area contributed by atoms with Gasteiger partial charge in [0.15, 0.2) is 11.5 Å². The third-order valence-electron chi connectivity index (χ3n) is 7.92. The largest absolute Gasteiger partial charge is 0.477 e. The van der Waals surface area contributed by atoms with E-state index in [-0.39, 0.29) is 11.7 Å². The van der Waals surface area contributed by atoms with Gasteiger partial charge < -0.3 is 23.9 Å². The van der Waals surface area contributed by atoms with Gasteiger partial charge in [-0.2, -0.15) is 0 Å². The molecule has 3 aliphatic rings. The number of benzene rings is 2. The van der Waals surface area contributed by atoms with Crippen LogP contribution in [0.15, 0.2) is 48.5 Å². The number of aromatic nitrogens is 2. The molecule has 7 rings (SSSR count). The number of fused-ring (bicyclic) bond motifs is 2. The summed E-state index contributed by atoms with van der Waals surface area (Å²) in [6.45, 7) is 5.29. The van der Waals surface area contributed by atoms with E-state index in [9.17, 15) is 14.3 Å². The molecule has 0 bridgehead atoms. The van der Waals surface area contributed by atoms with E-state index >= 15 is 0 Å². The first-order chi connectivity index (χ1) is 19.8. The molecule has 3 aliphatic heterocycles. The van der Waals surface area contributed by atoms with E-state index in [1.54, 1.807) is 25.1 Å². The fourth-order valence-corrected chi connectivity index (χ4v) is 6.72. The van der Waals surface area contributed by atoms with Crippen molar-refractivity contribution in [3.63, 3.8) is 0 Å². The Labute approximate surface area is 244 Å². The van der Waals surface area contributed by atoms with E-state index in [0.717, 1.165) is 53.3 Å². The van der Waals surface area contributed by atoms with Crippen molar-refractivity contribution >= 4 is 44.8 Å². The Kier molecular flexibility index (Phi) is 6.54. The van der Waals surface area contributed by atoms with Crippen LogP contribution in [0.4, 0.5) is 4.39 Å². The number of carboxylic acid groups (broad SMARTS) is 1. The molecule has 1 fully saturated rings. The Morgan fingerprint density at radius 1 is 1.27 bits per heavy atom. The van der Waals surface area contributed by atoms with Gasteiger partial charge in [-0.3, -0.25) is 4.90 Å². The number of thiophene rings is 1. The van der Waals surface area contributed by atoms with Crippen LogP contribution < -0.4 is 9.47 Å².